The van der Waals surface area contributed by atoms with Crippen LogP contribution in [0.25, 0.3) is 0 Å². The van der Waals surface area contributed by atoms with Gasteiger partial charge in [-0.2, -0.15) is 13.2 Å². The van der Waals surface area contributed by atoms with E-state index in [9.17, 15) is 18.0 Å². The van der Waals surface area contributed by atoms with Gasteiger partial charge in [0.25, 0.3) is 0 Å². The molecule has 1 atom stereocenters. The Morgan fingerprint density at radius 1 is 1.21 bits per heavy atom. The van der Waals surface area contributed by atoms with E-state index in [4.69, 9.17) is 15.6 Å². The molecule has 1 fully saturated rings. The number of halogens is 3. The molecule has 1 aliphatic heterocycles. The first kappa shape index (κ1) is 20.5. The van der Waals surface area contributed by atoms with E-state index in [2.05, 4.69) is 0 Å². The number of hydrogen-bond donors (Lipinski definition) is 2. The minimum Gasteiger partial charge on any atom is -0.480 e. The molecule has 2 aromatic rings. The average molecular weight is 412 g/mol. The molecule has 0 saturated carbocycles. The summed E-state index contributed by atoms with van der Waals surface area (Å²) in [4.78, 5) is 11.6. The van der Waals surface area contributed by atoms with Crippen LogP contribution in [-0.4, -0.2) is 46.3 Å². The third-order valence-electron chi connectivity index (χ3n) is 4.34. The molecule has 0 radical (unpaired) electrons. The fraction of sp³-hybridized carbons (Fsp3) is 0.316. The maximum atomic E-state index is 13.6. The van der Waals surface area contributed by atoms with Crippen molar-refractivity contribution in [2.24, 2.45) is 5.73 Å². The van der Waals surface area contributed by atoms with Crippen LogP contribution in [0.2, 0.25) is 0 Å². The SMILES string of the molecule is NC(Cc1cccc(SN2CC(Oc3ccccc3)(C(F)(F)F)C2)c1)C(=O)O. The maximum Gasteiger partial charge on any atom is 0.430 e. The number of nitrogens with zero attached hydrogens (tertiary/aromatic N) is 1. The summed E-state index contributed by atoms with van der Waals surface area (Å²) in [5, 5.41) is 8.90. The largest absolute Gasteiger partial charge is 0.480 e. The van der Waals surface area contributed by atoms with Gasteiger partial charge in [0.2, 0.25) is 5.60 Å². The monoisotopic (exact) mass is 412 g/mol. The van der Waals surface area contributed by atoms with Crippen LogP contribution < -0.4 is 10.5 Å². The Kier molecular flexibility index (Phi) is 5.87. The molecule has 0 spiro atoms. The van der Waals surface area contributed by atoms with Crippen molar-refractivity contribution in [3.63, 3.8) is 0 Å². The number of ether oxygens (including phenoxy) is 1. The Labute approximate surface area is 164 Å². The summed E-state index contributed by atoms with van der Waals surface area (Å²) >= 11 is 1.17. The quantitative estimate of drug-likeness (QED) is 0.680. The third kappa shape index (κ3) is 4.60. The van der Waals surface area contributed by atoms with Crippen molar-refractivity contribution in [1.82, 2.24) is 4.31 Å². The lowest BCUT2D eigenvalue weighted by Gasteiger charge is -2.49. The summed E-state index contributed by atoms with van der Waals surface area (Å²) in [6.45, 7) is -0.621. The van der Waals surface area contributed by atoms with E-state index in [1.807, 2.05) is 0 Å². The number of carboxylic acid groups (broad SMARTS) is 1. The molecule has 2 aromatic carbocycles. The lowest BCUT2D eigenvalue weighted by molar-refractivity contribution is -0.277. The summed E-state index contributed by atoms with van der Waals surface area (Å²) in [5.41, 5.74) is 4.00. The molecule has 1 aliphatic rings. The smallest absolute Gasteiger partial charge is 0.430 e. The normalized spacial score (nSPS) is 17.6. The standard InChI is InChI=1S/C19H19F3N2O3S/c20-19(21,22)18(27-14-6-2-1-3-7-14)11-24(12-18)28-15-8-4-5-13(9-15)10-16(23)17(25)26/h1-9,16H,10-12,23H2,(H,25,26). The van der Waals surface area contributed by atoms with Crippen LogP contribution in [0, 0.1) is 0 Å². The molecule has 5 nitrogen and oxygen atoms in total. The molecule has 0 aromatic heterocycles. The molecule has 1 unspecified atom stereocenters. The van der Waals surface area contributed by atoms with Crippen LogP contribution in [0.3, 0.4) is 0 Å². The number of carboxylic acids is 1. The van der Waals surface area contributed by atoms with E-state index in [-0.39, 0.29) is 25.3 Å². The fourth-order valence-corrected chi connectivity index (χ4v) is 4.01. The van der Waals surface area contributed by atoms with Gasteiger partial charge in [0, 0.05) is 4.90 Å². The van der Waals surface area contributed by atoms with Gasteiger partial charge in [-0.05, 0) is 48.2 Å². The molecule has 3 N–H and O–H groups in total. The Bertz CT molecular complexity index is 827. The second-order valence-corrected chi connectivity index (χ2v) is 7.76. The van der Waals surface area contributed by atoms with E-state index in [1.54, 1.807) is 46.8 Å². The molecule has 3 rings (SSSR count). The number of para-hydroxylation sites is 1. The molecule has 0 amide bonds. The van der Waals surface area contributed by atoms with Crippen LogP contribution in [-0.2, 0) is 11.2 Å². The van der Waals surface area contributed by atoms with E-state index in [0.717, 1.165) is 0 Å². The van der Waals surface area contributed by atoms with Crippen molar-refractivity contribution < 1.29 is 27.8 Å². The van der Waals surface area contributed by atoms with Crippen molar-refractivity contribution in [2.75, 3.05) is 13.1 Å². The van der Waals surface area contributed by atoms with Gasteiger partial charge in [-0.3, -0.25) is 4.79 Å². The topological polar surface area (TPSA) is 75.8 Å². The number of nitrogens with two attached hydrogens (primary N) is 1. The molecular formula is C19H19F3N2O3S. The van der Waals surface area contributed by atoms with Crippen LogP contribution in [0.5, 0.6) is 5.75 Å². The average Bonchev–Trinajstić information content (AvgIpc) is 2.59. The van der Waals surface area contributed by atoms with E-state index in [0.29, 0.717) is 10.5 Å². The second-order valence-electron chi connectivity index (χ2n) is 6.59. The molecular weight excluding hydrogens is 393 g/mol. The Hall–Kier alpha value is -2.23. The number of aliphatic carboxylic acids is 1. The zero-order valence-electron chi connectivity index (χ0n) is 14.7. The summed E-state index contributed by atoms with van der Waals surface area (Å²) < 4.78 is 47.7. The molecule has 1 heterocycles. The van der Waals surface area contributed by atoms with Crippen molar-refractivity contribution in [1.29, 1.82) is 0 Å². The highest BCUT2D eigenvalue weighted by Crippen LogP contribution is 2.45. The molecule has 1 saturated heterocycles. The molecule has 150 valence electrons. The second kappa shape index (κ2) is 8.02. The number of alkyl halides is 3. The molecule has 9 heteroatoms. The summed E-state index contributed by atoms with van der Waals surface area (Å²) in [7, 11) is 0. The summed E-state index contributed by atoms with van der Waals surface area (Å²) in [6.07, 6.45) is -4.36. The number of rotatable bonds is 7. The van der Waals surface area contributed by atoms with Gasteiger partial charge in [0.15, 0.2) is 0 Å². The van der Waals surface area contributed by atoms with Gasteiger partial charge in [0.1, 0.15) is 11.8 Å². The minimum absolute atomic E-state index is 0.146. The first-order chi connectivity index (χ1) is 13.2. The van der Waals surface area contributed by atoms with Gasteiger partial charge in [-0.25, -0.2) is 4.31 Å². The highest BCUT2D eigenvalue weighted by atomic mass is 32.2. The minimum atomic E-state index is -4.50. The highest BCUT2D eigenvalue weighted by molar-refractivity contribution is 7.97. The predicted molar refractivity (Wildman–Crippen MR) is 99.0 cm³/mol. The van der Waals surface area contributed by atoms with Gasteiger partial charge in [0.05, 0.1) is 13.1 Å². The number of benzene rings is 2. The Morgan fingerprint density at radius 3 is 2.50 bits per heavy atom. The van der Waals surface area contributed by atoms with Crippen LogP contribution >= 0.6 is 11.9 Å². The lowest BCUT2D eigenvalue weighted by Crippen LogP contribution is -2.70. The van der Waals surface area contributed by atoms with Gasteiger partial charge < -0.3 is 15.6 Å². The zero-order chi connectivity index (χ0) is 20.4. The van der Waals surface area contributed by atoms with Crippen molar-refractivity contribution in [2.45, 2.75) is 29.1 Å². The van der Waals surface area contributed by atoms with Crippen molar-refractivity contribution in [3.05, 3.63) is 60.2 Å². The number of carbonyl (C=O) groups is 1. The highest BCUT2D eigenvalue weighted by Gasteiger charge is 2.64. The predicted octanol–water partition coefficient (Wildman–Crippen LogP) is 3.34. The molecule has 0 bridgehead atoms. The van der Waals surface area contributed by atoms with E-state index >= 15 is 0 Å². The lowest BCUT2D eigenvalue weighted by atomic mass is 9.96. The summed E-state index contributed by atoms with van der Waals surface area (Å²) in [6, 6.07) is 13.9. The van der Waals surface area contributed by atoms with Crippen molar-refractivity contribution >= 4 is 17.9 Å². The van der Waals surface area contributed by atoms with E-state index < -0.39 is 23.8 Å². The van der Waals surface area contributed by atoms with Gasteiger partial charge >= 0.3 is 12.1 Å². The maximum absolute atomic E-state index is 13.6. The van der Waals surface area contributed by atoms with Crippen molar-refractivity contribution in [3.8, 4) is 5.75 Å². The first-order valence-electron chi connectivity index (χ1n) is 8.50. The van der Waals surface area contributed by atoms with E-state index in [1.165, 1.54) is 24.1 Å². The Balaban J connectivity index is 1.65. The Morgan fingerprint density at radius 2 is 1.89 bits per heavy atom. The third-order valence-corrected chi connectivity index (χ3v) is 5.32. The zero-order valence-corrected chi connectivity index (χ0v) is 15.5. The van der Waals surface area contributed by atoms with Gasteiger partial charge in [-0.1, -0.05) is 30.3 Å². The fourth-order valence-electron chi connectivity index (χ4n) is 2.82. The first-order valence-corrected chi connectivity index (χ1v) is 9.27. The molecule has 28 heavy (non-hydrogen) atoms. The molecule has 0 aliphatic carbocycles. The summed E-state index contributed by atoms with van der Waals surface area (Å²) in [5.74, 6) is -0.928. The number of hydrogen-bond acceptors (Lipinski definition) is 5. The van der Waals surface area contributed by atoms with Crippen LogP contribution in [0.1, 0.15) is 5.56 Å². The van der Waals surface area contributed by atoms with Crippen LogP contribution in [0.15, 0.2) is 59.5 Å². The van der Waals surface area contributed by atoms with Gasteiger partial charge in [-0.15, -0.1) is 0 Å². The van der Waals surface area contributed by atoms with Crippen LogP contribution in [0.4, 0.5) is 13.2 Å².